The van der Waals surface area contributed by atoms with Crippen LogP contribution in [0.15, 0.2) is 170 Å². The first-order chi connectivity index (χ1) is 56.8. The van der Waals surface area contributed by atoms with Crippen molar-refractivity contribution in [2.75, 3.05) is 105 Å². The molecular weight excluding hydrogens is 1530 g/mol. The Morgan fingerprint density at radius 1 is 0.291 bits per heavy atom. The molecule has 0 atom stereocenters. The van der Waals surface area contributed by atoms with Crippen LogP contribution in [0.4, 0.5) is 41.9 Å². The summed E-state index contributed by atoms with van der Waals surface area (Å²) in [5.74, 6) is -0.125. The molecule has 4 amide bonds. The molecule has 7 aliphatic rings. The van der Waals surface area contributed by atoms with Crippen molar-refractivity contribution in [2.24, 2.45) is 0 Å². The SMILES string of the molecule is COc1cc(OC)c2cc1C1CCOC(=O)Nc3ccccc3-c3c4nc(c5c6ccc([n-]6)c6c7nc(c(c8ccc3[n-]8)-c3ccccc3NC(=O)OCCC2c2cc(c(OC)cc2OC)C(CCOC(=O)Nc2ccccc2-6)c2cc(c(OC)cc2OC)C(CCOC(=O)Nc2ccccc2-5)c2cc1c(OC)cc2OC)C=C7)C=C4.[Co+2]. The van der Waals surface area contributed by atoms with E-state index in [0.717, 1.165) is 0 Å². The zero-order chi connectivity index (χ0) is 79.8. The van der Waals surface area contributed by atoms with Crippen molar-refractivity contribution in [1.82, 2.24) is 19.9 Å². The third-order valence-electron chi connectivity index (χ3n) is 22.2. The molecule has 0 unspecified atom stereocenters. The second kappa shape index (κ2) is 33.0. The molecule has 0 spiro atoms. The Kier molecular flexibility index (Phi) is 21.8. The van der Waals surface area contributed by atoms with Crippen molar-refractivity contribution in [3.8, 4) is 90.5 Å². The molecule has 0 saturated heterocycles. The minimum absolute atomic E-state index is 0. The Morgan fingerprint density at radius 3 is 0.684 bits per heavy atom. The van der Waals surface area contributed by atoms with Crippen LogP contribution in [-0.2, 0) is 35.7 Å². The number of nitrogens with zero attached hydrogens (tertiary/aromatic N) is 4. The van der Waals surface area contributed by atoms with E-state index in [4.69, 9.17) is 76.8 Å². The first kappa shape index (κ1) is 77.3. The molecule has 9 heterocycles. The Bertz CT molecular complexity index is 5350. The average molecular weight is 1610 g/mol. The van der Waals surface area contributed by atoms with Gasteiger partial charge in [0.05, 0.1) is 129 Å². The van der Waals surface area contributed by atoms with Gasteiger partial charge in [-0.2, -0.15) is 0 Å². The molecule has 0 saturated carbocycles. The molecule has 24 bridgehead atoms. The topological polar surface area (TPSA) is 281 Å². The maximum Gasteiger partial charge on any atom is 2.00 e. The van der Waals surface area contributed by atoms with Crippen LogP contribution in [0.1, 0.15) is 117 Å². The van der Waals surface area contributed by atoms with Gasteiger partial charge in [0.1, 0.15) is 46.0 Å². The summed E-state index contributed by atoms with van der Waals surface area (Å²) in [4.78, 5) is 83.4. The van der Waals surface area contributed by atoms with Gasteiger partial charge in [0.15, 0.2) is 0 Å². The van der Waals surface area contributed by atoms with E-state index >= 15 is 19.2 Å². The average Bonchev–Trinajstić information content (AvgIpc) is 0.806. The summed E-state index contributed by atoms with van der Waals surface area (Å²) < 4.78 is 78.0. The zero-order valence-corrected chi connectivity index (χ0v) is 66.1. The molecule has 593 valence electrons. The fourth-order valence-electron chi connectivity index (χ4n) is 17.0. The van der Waals surface area contributed by atoms with E-state index in [0.29, 0.717) is 203 Å². The molecule has 8 aromatic carbocycles. The van der Waals surface area contributed by atoms with Crippen LogP contribution in [0.2, 0.25) is 0 Å². The molecular formula is C92H80CoN8O16. The number of hydrogen-bond donors (Lipinski definition) is 4. The van der Waals surface area contributed by atoms with Gasteiger partial charge in [0.25, 0.3) is 0 Å². The third-order valence-corrected chi connectivity index (χ3v) is 22.2. The Hall–Kier alpha value is -13.7. The molecule has 1 aliphatic carbocycles. The van der Waals surface area contributed by atoms with Gasteiger partial charge in [0.2, 0.25) is 0 Å². The van der Waals surface area contributed by atoms with Crippen LogP contribution in [0.3, 0.4) is 0 Å². The second-order valence-corrected chi connectivity index (χ2v) is 28.3. The van der Waals surface area contributed by atoms with Crippen molar-refractivity contribution >= 4 is 93.5 Å². The van der Waals surface area contributed by atoms with Crippen molar-refractivity contribution in [3.05, 3.63) is 237 Å². The van der Waals surface area contributed by atoms with Crippen LogP contribution in [0.5, 0.6) is 46.0 Å². The minimum atomic E-state index is -0.799. The van der Waals surface area contributed by atoms with Gasteiger partial charge in [-0.05, 0) is 121 Å². The molecule has 6 aliphatic heterocycles. The maximum atomic E-state index is 15.3. The predicted octanol–water partition coefficient (Wildman–Crippen LogP) is 19.0. The van der Waals surface area contributed by atoms with Crippen LogP contribution in [0.25, 0.3) is 90.9 Å². The number of hydrogen-bond acceptors (Lipinski definition) is 18. The second-order valence-electron chi connectivity index (χ2n) is 28.3. The van der Waals surface area contributed by atoms with Gasteiger partial charge in [-0.15, -0.1) is 22.1 Å². The number of para-hydroxylation sites is 4. The number of nitrogens with one attached hydrogen (secondary N) is 4. The van der Waals surface area contributed by atoms with Crippen LogP contribution in [0, 0.1) is 0 Å². The summed E-state index contributed by atoms with van der Waals surface area (Å²) in [5.41, 5.74) is 13.6. The number of carbonyl (C=O) groups excluding carboxylic acids is 4. The third kappa shape index (κ3) is 14.5. The predicted molar refractivity (Wildman–Crippen MR) is 442 cm³/mol. The van der Waals surface area contributed by atoms with Crippen molar-refractivity contribution < 1.29 is 92.8 Å². The molecule has 3 aromatic heterocycles. The molecule has 4 N–H and O–H groups in total. The van der Waals surface area contributed by atoms with Crippen molar-refractivity contribution in [2.45, 2.75) is 49.4 Å². The van der Waals surface area contributed by atoms with Gasteiger partial charge in [-0.3, -0.25) is 21.3 Å². The number of methoxy groups -OCH3 is 8. The summed E-state index contributed by atoms with van der Waals surface area (Å²) in [5, 5.41) is 12.6. The fraction of sp³-hybridized carbons (Fsp3) is 0.217. The molecule has 25 heteroatoms. The van der Waals surface area contributed by atoms with Crippen molar-refractivity contribution in [3.63, 3.8) is 0 Å². The molecule has 1 radical (unpaired) electrons. The zero-order valence-electron chi connectivity index (χ0n) is 65.1. The van der Waals surface area contributed by atoms with Crippen LogP contribution >= 0.6 is 0 Å². The molecule has 117 heavy (non-hydrogen) atoms. The first-order valence-corrected chi connectivity index (χ1v) is 38.0. The van der Waals surface area contributed by atoms with Crippen molar-refractivity contribution in [1.29, 1.82) is 0 Å². The summed E-state index contributed by atoms with van der Waals surface area (Å²) in [6.45, 7) is -0.819. The first-order valence-electron chi connectivity index (χ1n) is 38.0. The summed E-state index contributed by atoms with van der Waals surface area (Å²) in [6.07, 6.45) is 4.72. The summed E-state index contributed by atoms with van der Waals surface area (Å²) >= 11 is 0. The smallest absolute Gasteiger partial charge is 0.657 e. The van der Waals surface area contributed by atoms with E-state index in [9.17, 15) is 0 Å². The van der Waals surface area contributed by atoms with E-state index in [1.54, 1.807) is 81.1 Å². The molecule has 18 rings (SSSR count). The summed E-state index contributed by atoms with van der Waals surface area (Å²) in [6, 6.07) is 52.1. The Labute approximate surface area is 684 Å². The van der Waals surface area contributed by atoms with Crippen LogP contribution < -0.4 is 69.1 Å². The van der Waals surface area contributed by atoms with Gasteiger partial charge < -0.3 is 66.8 Å². The fourth-order valence-corrected chi connectivity index (χ4v) is 17.0. The van der Waals surface area contributed by atoms with E-state index < -0.39 is 48.0 Å². The van der Waals surface area contributed by atoms with E-state index in [-0.39, 0.29) is 68.9 Å². The summed E-state index contributed by atoms with van der Waals surface area (Å²) in [7, 11) is 12.5. The Balaban J connectivity index is 0.0000102. The normalized spacial score (nSPS) is 16.8. The van der Waals surface area contributed by atoms with Gasteiger partial charge in [-0.1, -0.05) is 97.1 Å². The van der Waals surface area contributed by atoms with Crippen LogP contribution in [-0.4, -0.2) is 118 Å². The number of anilines is 4. The van der Waals surface area contributed by atoms with Gasteiger partial charge in [-0.25, -0.2) is 29.1 Å². The number of carbonyl (C=O) groups is 4. The van der Waals surface area contributed by atoms with E-state index in [2.05, 4.69) is 21.3 Å². The number of benzene rings is 8. The molecule has 24 nitrogen and oxygen atoms in total. The molecule has 0 fully saturated rings. The monoisotopic (exact) mass is 1610 g/mol. The van der Waals surface area contributed by atoms with Gasteiger partial charge >= 0.3 is 41.2 Å². The molecule has 11 aromatic rings. The minimum Gasteiger partial charge on any atom is -0.657 e. The number of amides is 4. The van der Waals surface area contributed by atoms with E-state index in [1.807, 2.05) is 170 Å². The standard InChI is InChI=1S/C92H82N8O16.Co/c1-105-77-45-78(106-2)58-41-57(77)49-33-37-113-89(101)97-65-21-13-9-17-53(65)85-69-25-27-71(93-69)86-54-18-10-14-22-66(54)98-90(102)114-38-34-50(58)61-43-62(82(110-6)47-81(61)109-5)52-36-40-116-92(104)100-68-24-16-12-20-56(68)88(75-30-29-72(86)95-75)76-32-31-74(96-76)87(73-28-26-70(85)94-73)55-19-11-15-23-67(55)99-91(103)115-39-35-51(60-42-59(49)79(107-3)46-80(60)108-4)63-44-64(52)84(112-8)48-83(63)111-7;/h9-32,41-52H,33-40H2,1-8H3,(H6,93,94,95,96,97,98,99,100,101,102,103,104);/q;+2/p-2. The number of ether oxygens (including phenoxy) is 12. The number of aromatic nitrogens is 4. The van der Waals surface area contributed by atoms with Gasteiger partial charge in [0, 0.05) is 115 Å². The number of fused-ring (bicyclic) bond motifs is 16. The Morgan fingerprint density at radius 2 is 0.487 bits per heavy atom. The maximum absolute atomic E-state index is 15.3. The quantitative estimate of drug-likeness (QED) is 0.103. The van der Waals surface area contributed by atoms with E-state index in [1.165, 1.54) is 0 Å². The number of rotatable bonds is 8. The largest absolute Gasteiger partial charge is 2.00 e.